The molecule has 19 heavy (non-hydrogen) atoms. The summed E-state index contributed by atoms with van der Waals surface area (Å²) in [5, 5.41) is 3.43. The van der Waals surface area contributed by atoms with Crippen molar-refractivity contribution in [1.82, 2.24) is 5.32 Å². The van der Waals surface area contributed by atoms with Crippen molar-refractivity contribution in [3.63, 3.8) is 0 Å². The van der Waals surface area contributed by atoms with Crippen LogP contribution in [0.3, 0.4) is 0 Å². The molecule has 1 heterocycles. The summed E-state index contributed by atoms with van der Waals surface area (Å²) in [4.78, 5) is 25.2. The molecule has 4 nitrogen and oxygen atoms in total. The van der Waals surface area contributed by atoms with Gasteiger partial charge in [-0.25, -0.2) is 0 Å². The number of amides is 2. The van der Waals surface area contributed by atoms with Gasteiger partial charge in [-0.1, -0.05) is 19.1 Å². The predicted octanol–water partition coefficient (Wildman–Crippen LogP) is 1.84. The molecule has 1 aliphatic carbocycles. The van der Waals surface area contributed by atoms with E-state index in [1.54, 1.807) is 6.92 Å². The molecular formula is C15H18N2O2. The maximum Gasteiger partial charge on any atom is 0.237 e. The van der Waals surface area contributed by atoms with E-state index in [0.29, 0.717) is 18.2 Å². The van der Waals surface area contributed by atoms with Crippen LogP contribution in [0.1, 0.15) is 31.7 Å². The van der Waals surface area contributed by atoms with E-state index in [2.05, 4.69) is 5.32 Å². The number of nitrogens with zero attached hydrogens (tertiary/aromatic N) is 1. The summed E-state index contributed by atoms with van der Waals surface area (Å²) in [6.07, 6.45) is 2.82. The molecule has 2 amide bonds. The fourth-order valence-corrected chi connectivity index (χ4v) is 2.41. The molecule has 1 unspecified atom stereocenters. The van der Waals surface area contributed by atoms with Gasteiger partial charge >= 0.3 is 0 Å². The number of benzene rings is 1. The van der Waals surface area contributed by atoms with Gasteiger partial charge in [0.2, 0.25) is 11.8 Å². The van der Waals surface area contributed by atoms with Gasteiger partial charge in [-0.05, 0) is 30.5 Å². The third kappa shape index (κ3) is 2.54. The molecule has 1 saturated heterocycles. The first-order chi connectivity index (χ1) is 9.15. The number of nitrogens with one attached hydrogen (secondary N) is 1. The topological polar surface area (TPSA) is 49.4 Å². The fraction of sp³-hybridized carbons (Fsp3) is 0.467. The van der Waals surface area contributed by atoms with Crippen LogP contribution in [0.15, 0.2) is 24.3 Å². The van der Waals surface area contributed by atoms with E-state index in [-0.39, 0.29) is 17.7 Å². The van der Waals surface area contributed by atoms with E-state index in [0.717, 1.165) is 12.1 Å². The lowest BCUT2D eigenvalue weighted by molar-refractivity contribution is -0.122. The summed E-state index contributed by atoms with van der Waals surface area (Å²) in [5.74, 6) is -0.372. The molecule has 1 aromatic rings. The number of imide groups is 1. The smallest absolute Gasteiger partial charge is 0.237 e. The zero-order chi connectivity index (χ0) is 13.4. The Morgan fingerprint density at radius 2 is 2.11 bits per heavy atom. The Kier molecular flexibility index (Phi) is 3.11. The highest BCUT2D eigenvalue weighted by atomic mass is 16.2. The van der Waals surface area contributed by atoms with Crippen LogP contribution in [0.25, 0.3) is 0 Å². The van der Waals surface area contributed by atoms with Crippen molar-refractivity contribution in [2.24, 2.45) is 5.92 Å². The van der Waals surface area contributed by atoms with Crippen LogP contribution in [-0.2, 0) is 16.1 Å². The van der Waals surface area contributed by atoms with Crippen molar-refractivity contribution < 1.29 is 9.59 Å². The van der Waals surface area contributed by atoms with Gasteiger partial charge in [0.25, 0.3) is 0 Å². The lowest BCUT2D eigenvalue weighted by Crippen LogP contribution is -2.30. The Morgan fingerprint density at radius 1 is 1.32 bits per heavy atom. The van der Waals surface area contributed by atoms with Crippen LogP contribution in [0, 0.1) is 5.92 Å². The molecule has 1 N–H and O–H groups in total. The predicted molar refractivity (Wildman–Crippen MR) is 72.6 cm³/mol. The Bertz CT molecular complexity index is 523. The largest absolute Gasteiger partial charge is 0.310 e. The lowest BCUT2D eigenvalue weighted by atomic mass is 10.1. The Labute approximate surface area is 112 Å². The molecule has 2 fully saturated rings. The van der Waals surface area contributed by atoms with Gasteiger partial charge in [-0.15, -0.1) is 0 Å². The van der Waals surface area contributed by atoms with Gasteiger partial charge in [0.15, 0.2) is 0 Å². The summed E-state index contributed by atoms with van der Waals surface area (Å²) in [5.41, 5.74) is 1.82. The van der Waals surface area contributed by atoms with E-state index >= 15 is 0 Å². The van der Waals surface area contributed by atoms with E-state index in [4.69, 9.17) is 0 Å². The van der Waals surface area contributed by atoms with Gasteiger partial charge in [-0.3, -0.25) is 14.5 Å². The minimum Gasteiger partial charge on any atom is -0.310 e. The van der Waals surface area contributed by atoms with E-state index < -0.39 is 0 Å². The molecule has 1 atom stereocenters. The van der Waals surface area contributed by atoms with Crippen LogP contribution in [0.4, 0.5) is 5.69 Å². The highest BCUT2D eigenvalue weighted by molar-refractivity contribution is 6.20. The Hall–Kier alpha value is -1.68. The molecule has 100 valence electrons. The first kappa shape index (κ1) is 12.4. The van der Waals surface area contributed by atoms with E-state index in [9.17, 15) is 9.59 Å². The highest BCUT2D eigenvalue weighted by Gasteiger charge is 2.36. The summed E-state index contributed by atoms with van der Waals surface area (Å²) in [7, 11) is 0. The van der Waals surface area contributed by atoms with Crippen LogP contribution in [0.2, 0.25) is 0 Å². The maximum atomic E-state index is 12.0. The summed E-state index contributed by atoms with van der Waals surface area (Å²) in [6.45, 7) is 2.60. The van der Waals surface area contributed by atoms with Crippen LogP contribution in [-0.4, -0.2) is 17.9 Å². The molecule has 1 saturated carbocycles. The molecule has 2 aliphatic rings. The molecule has 1 aromatic carbocycles. The SMILES string of the molecule is CC1CC(=O)N(c2cccc(CNC3CC3)c2)C1=O. The van der Waals surface area contributed by atoms with Crippen LogP contribution in [0.5, 0.6) is 0 Å². The minimum absolute atomic E-state index is 0.0858. The molecule has 3 rings (SSSR count). The van der Waals surface area contributed by atoms with Gasteiger partial charge in [0.1, 0.15) is 0 Å². The Balaban J connectivity index is 1.78. The van der Waals surface area contributed by atoms with Crippen LogP contribution < -0.4 is 10.2 Å². The number of carbonyl (C=O) groups is 2. The molecule has 0 spiro atoms. The van der Waals surface area contributed by atoms with Crippen molar-refractivity contribution >= 4 is 17.5 Å². The Morgan fingerprint density at radius 3 is 2.74 bits per heavy atom. The number of hydrogen-bond acceptors (Lipinski definition) is 3. The number of rotatable bonds is 4. The number of hydrogen-bond donors (Lipinski definition) is 1. The van der Waals surface area contributed by atoms with Crippen molar-refractivity contribution in [2.75, 3.05) is 4.90 Å². The van der Waals surface area contributed by atoms with E-state index in [1.807, 2.05) is 24.3 Å². The first-order valence-corrected chi connectivity index (χ1v) is 6.84. The van der Waals surface area contributed by atoms with Crippen LogP contribution >= 0.6 is 0 Å². The van der Waals surface area contributed by atoms with Gasteiger partial charge in [-0.2, -0.15) is 0 Å². The number of anilines is 1. The second-order valence-electron chi connectivity index (χ2n) is 5.50. The molecule has 0 radical (unpaired) electrons. The van der Waals surface area contributed by atoms with E-state index in [1.165, 1.54) is 17.7 Å². The van der Waals surface area contributed by atoms with Gasteiger partial charge in [0, 0.05) is 24.9 Å². The normalized spacial score (nSPS) is 23.2. The summed E-state index contributed by atoms with van der Waals surface area (Å²) in [6, 6.07) is 8.34. The third-order valence-electron chi connectivity index (χ3n) is 3.71. The van der Waals surface area contributed by atoms with Crippen molar-refractivity contribution in [2.45, 2.75) is 38.8 Å². The standard InChI is InChI=1S/C15H18N2O2/c1-10-7-14(18)17(15(10)19)13-4-2-3-11(8-13)9-16-12-5-6-12/h2-4,8,10,12,16H,5-7,9H2,1H3. The molecular weight excluding hydrogens is 240 g/mol. The zero-order valence-electron chi connectivity index (χ0n) is 11.1. The summed E-state index contributed by atoms with van der Waals surface area (Å²) >= 11 is 0. The highest BCUT2D eigenvalue weighted by Crippen LogP contribution is 2.27. The average molecular weight is 258 g/mol. The minimum atomic E-state index is -0.194. The molecule has 4 heteroatoms. The first-order valence-electron chi connectivity index (χ1n) is 6.84. The summed E-state index contributed by atoms with van der Waals surface area (Å²) < 4.78 is 0. The van der Waals surface area contributed by atoms with Crippen molar-refractivity contribution in [3.8, 4) is 0 Å². The van der Waals surface area contributed by atoms with Gasteiger partial charge < -0.3 is 5.32 Å². The van der Waals surface area contributed by atoms with Crippen molar-refractivity contribution in [3.05, 3.63) is 29.8 Å². The second-order valence-corrected chi connectivity index (χ2v) is 5.50. The lowest BCUT2D eigenvalue weighted by Gasteiger charge is -2.15. The monoisotopic (exact) mass is 258 g/mol. The second kappa shape index (κ2) is 4.78. The molecule has 0 aromatic heterocycles. The fourth-order valence-electron chi connectivity index (χ4n) is 2.41. The third-order valence-corrected chi connectivity index (χ3v) is 3.71. The molecule has 0 bridgehead atoms. The maximum absolute atomic E-state index is 12.0. The van der Waals surface area contributed by atoms with Gasteiger partial charge in [0.05, 0.1) is 5.69 Å². The molecule has 1 aliphatic heterocycles. The number of carbonyl (C=O) groups excluding carboxylic acids is 2. The zero-order valence-corrected chi connectivity index (χ0v) is 11.1. The van der Waals surface area contributed by atoms with Crippen molar-refractivity contribution in [1.29, 1.82) is 0 Å². The quantitative estimate of drug-likeness (QED) is 0.838. The average Bonchev–Trinajstić information content (AvgIpc) is 3.17.